The highest BCUT2D eigenvalue weighted by atomic mass is 16.7. The summed E-state index contributed by atoms with van der Waals surface area (Å²) in [6.07, 6.45) is -3.14. The Labute approximate surface area is 282 Å². The van der Waals surface area contributed by atoms with Gasteiger partial charge in [-0.15, -0.1) is 0 Å². The van der Waals surface area contributed by atoms with Crippen LogP contribution in [0.3, 0.4) is 0 Å². The van der Waals surface area contributed by atoms with E-state index in [1.165, 1.54) is 0 Å². The Morgan fingerprint density at radius 3 is 1.40 bits per heavy atom. The van der Waals surface area contributed by atoms with Crippen LogP contribution in [-0.2, 0) is 50.1 Å². The molecule has 0 radical (unpaired) electrons. The van der Waals surface area contributed by atoms with Gasteiger partial charge in [0.15, 0.2) is 12.4 Å². The number of rotatable bonds is 16. The molecule has 0 unspecified atom stereocenters. The van der Waals surface area contributed by atoms with Crippen LogP contribution in [0.5, 0.6) is 11.5 Å². The van der Waals surface area contributed by atoms with Crippen LogP contribution in [0.15, 0.2) is 146 Å². The fraction of sp³-hybridized carbons (Fsp3) is 0.268. The third kappa shape index (κ3) is 9.53. The highest BCUT2D eigenvalue weighted by Crippen LogP contribution is 2.33. The van der Waals surface area contributed by atoms with Crippen LogP contribution in [-0.4, -0.2) is 44.4 Å². The molecule has 6 rings (SSSR count). The first-order valence-corrected chi connectivity index (χ1v) is 16.3. The van der Waals surface area contributed by atoms with Crippen LogP contribution in [0.25, 0.3) is 0 Å². The van der Waals surface area contributed by atoms with Crippen molar-refractivity contribution in [2.45, 2.75) is 57.1 Å². The first kappa shape index (κ1) is 33.4. The van der Waals surface area contributed by atoms with Crippen LogP contribution in [0.4, 0.5) is 0 Å². The van der Waals surface area contributed by atoms with E-state index in [4.69, 9.17) is 33.2 Å². The van der Waals surface area contributed by atoms with E-state index in [9.17, 15) is 0 Å². The maximum Gasteiger partial charge on any atom is 0.187 e. The molecule has 0 spiro atoms. The lowest BCUT2D eigenvalue weighted by Gasteiger charge is -2.45. The maximum atomic E-state index is 6.79. The van der Waals surface area contributed by atoms with Gasteiger partial charge in [0.05, 0.1) is 40.1 Å². The van der Waals surface area contributed by atoms with Crippen LogP contribution in [0.1, 0.15) is 22.3 Å². The minimum absolute atomic E-state index is 0.248. The van der Waals surface area contributed by atoms with Crippen molar-refractivity contribution in [3.05, 3.63) is 168 Å². The van der Waals surface area contributed by atoms with Crippen molar-refractivity contribution in [3.8, 4) is 11.5 Å². The fourth-order valence-electron chi connectivity index (χ4n) is 5.62. The molecule has 7 heteroatoms. The van der Waals surface area contributed by atoms with Gasteiger partial charge in [-0.25, -0.2) is 0 Å². The van der Waals surface area contributed by atoms with Crippen LogP contribution in [0, 0.1) is 0 Å². The number of hydrogen-bond acceptors (Lipinski definition) is 7. The molecule has 1 saturated heterocycles. The molecule has 5 aromatic carbocycles. The van der Waals surface area contributed by atoms with Crippen LogP contribution >= 0.6 is 0 Å². The Bertz CT molecular complexity index is 1600. The van der Waals surface area contributed by atoms with Crippen molar-refractivity contribution in [2.24, 2.45) is 0 Å². The Morgan fingerprint density at radius 2 is 0.896 bits per heavy atom. The van der Waals surface area contributed by atoms with Crippen LogP contribution < -0.4 is 9.47 Å². The summed E-state index contributed by atoms with van der Waals surface area (Å²) in [5, 5.41) is 0. The molecule has 7 nitrogen and oxygen atoms in total. The lowest BCUT2D eigenvalue weighted by atomic mass is 9.97. The molecule has 48 heavy (non-hydrogen) atoms. The second kappa shape index (κ2) is 17.6. The quantitative estimate of drug-likeness (QED) is 0.109. The monoisotopic (exact) mass is 646 g/mol. The Kier molecular flexibility index (Phi) is 12.2. The number of hydrogen-bond donors (Lipinski definition) is 0. The van der Waals surface area contributed by atoms with Crippen molar-refractivity contribution in [1.29, 1.82) is 0 Å². The maximum absolute atomic E-state index is 6.79. The summed E-state index contributed by atoms with van der Waals surface area (Å²) in [6.45, 7) is 1.70. The third-order valence-corrected chi connectivity index (χ3v) is 8.14. The molecule has 0 aliphatic carbocycles. The summed E-state index contributed by atoms with van der Waals surface area (Å²) in [4.78, 5) is 0. The smallest absolute Gasteiger partial charge is 0.187 e. The highest BCUT2D eigenvalue weighted by molar-refractivity contribution is 5.31. The molecule has 0 bridgehead atoms. The standard InChI is InChI=1S/C41H42O7/c1-42-35-22-24-36(25-23-35)47-38-37(30-43-26-31-14-6-2-7-15-31)48-41(46-29-34-20-12-5-13-21-34)40(45-28-33-18-10-4-11-19-33)39(38)44-27-32-16-8-3-9-17-32/h2-25,37-41H,26-30H2,1H3/t37-,38-,39+,40-,41-/m1/s1. The zero-order chi connectivity index (χ0) is 32.8. The zero-order valence-corrected chi connectivity index (χ0v) is 27.1. The lowest BCUT2D eigenvalue weighted by molar-refractivity contribution is -0.320. The number of ether oxygens (including phenoxy) is 7. The Morgan fingerprint density at radius 1 is 0.458 bits per heavy atom. The summed E-state index contributed by atoms with van der Waals surface area (Å²) in [6, 6.07) is 47.8. The summed E-state index contributed by atoms with van der Waals surface area (Å²) in [5.41, 5.74) is 4.16. The Hall–Kier alpha value is -4.50. The molecule has 5 atom stereocenters. The lowest BCUT2D eigenvalue weighted by Crippen LogP contribution is -2.62. The van der Waals surface area contributed by atoms with Gasteiger partial charge in [0.2, 0.25) is 0 Å². The van der Waals surface area contributed by atoms with E-state index in [0.29, 0.717) is 32.2 Å². The van der Waals surface area contributed by atoms with Gasteiger partial charge in [-0.3, -0.25) is 0 Å². The van der Waals surface area contributed by atoms with E-state index in [1.54, 1.807) is 7.11 Å². The molecule has 0 aromatic heterocycles. The van der Waals surface area contributed by atoms with E-state index >= 15 is 0 Å². The predicted molar refractivity (Wildman–Crippen MR) is 183 cm³/mol. The average molecular weight is 647 g/mol. The summed E-state index contributed by atoms with van der Waals surface area (Å²) >= 11 is 0. The summed E-state index contributed by atoms with van der Waals surface area (Å²) < 4.78 is 45.2. The second-order valence-corrected chi connectivity index (χ2v) is 11.6. The van der Waals surface area contributed by atoms with Crippen molar-refractivity contribution >= 4 is 0 Å². The number of benzene rings is 5. The van der Waals surface area contributed by atoms with Gasteiger partial charge in [0, 0.05) is 0 Å². The zero-order valence-electron chi connectivity index (χ0n) is 27.1. The van der Waals surface area contributed by atoms with E-state index < -0.39 is 30.7 Å². The molecule has 248 valence electrons. The first-order chi connectivity index (χ1) is 23.7. The van der Waals surface area contributed by atoms with E-state index in [2.05, 4.69) is 0 Å². The van der Waals surface area contributed by atoms with E-state index in [-0.39, 0.29) is 6.61 Å². The molecule has 1 aliphatic rings. The van der Waals surface area contributed by atoms with E-state index in [1.807, 2.05) is 146 Å². The first-order valence-electron chi connectivity index (χ1n) is 16.3. The minimum Gasteiger partial charge on any atom is -0.497 e. The molecule has 0 amide bonds. The topological polar surface area (TPSA) is 64.6 Å². The molecule has 1 heterocycles. The van der Waals surface area contributed by atoms with Crippen molar-refractivity contribution < 1.29 is 33.2 Å². The van der Waals surface area contributed by atoms with Gasteiger partial charge in [0.25, 0.3) is 0 Å². The van der Waals surface area contributed by atoms with Gasteiger partial charge < -0.3 is 33.2 Å². The molecule has 0 N–H and O–H groups in total. The molecule has 5 aromatic rings. The van der Waals surface area contributed by atoms with Gasteiger partial charge in [0.1, 0.15) is 29.8 Å². The molecule has 0 saturated carbocycles. The van der Waals surface area contributed by atoms with Crippen molar-refractivity contribution in [3.63, 3.8) is 0 Å². The largest absolute Gasteiger partial charge is 0.497 e. The molecular formula is C41H42O7. The van der Waals surface area contributed by atoms with Crippen molar-refractivity contribution in [1.82, 2.24) is 0 Å². The van der Waals surface area contributed by atoms with Gasteiger partial charge in [-0.05, 0) is 46.5 Å². The summed E-state index contributed by atoms with van der Waals surface area (Å²) in [5.74, 6) is 1.39. The van der Waals surface area contributed by atoms with Crippen LogP contribution in [0.2, 0.25) is 0 Å². The predicted octanol–water partition coefficient (Wildman–Crippen LogP) is 7.77. The minimum atomic E-state index is -0.768. The van der Waals surface area contributed by atoms with Gasteiger partial charge in [-0.1, -0.05) is 121 Å². The van der Waals surface area contributed by atoms with Gasteiger partial charge >= 0.3 is 0 Å². The normalized spacial score (nSPS) is 20.6. The molecule has 1 fully saturated rings. The van der Waals surface area contributed by atoms with Gasteiger partial charge in [-0.2, -0.15) is 0 Å². The SMILES string of the molecule is COc1ccc(O[C@H]2[C@H](OCc3ccccc3)[C@@H](OCc3ccccc3)[C@H](OCc3ccccc3)O[C@@H]2COCc2ccccc2)cc1. The highest BCUT2D eigenvalue weighted by Gasteiger charge is 2.50. The Balaban J connectivity index is 1.32. The summed E-state index contributed by atoms with van der Waals surface area (Å²) in [7, 11) is 1.64. The second-order valence-electron chi connectivity index (χ2n) is 11.6. The molecular weight excluding hydrogens is 604 g/mol. The number of methoxy groups -OCH3 is 1. The third-order valence-electron chi connectivity index (χ3n) is 8.14. The fourth-order valence-corrected chi connectivity index (χ4v) is 5.62. The molecule has 1 aliphatic heterocycles. The average Bonchev–Trinajstić information content (AvgIpc) is 3.15. The van der Waals surface area contributed by atoms with Crippen molar-refractivity contribution in [2.75, 3.05) is 13.7 Å². The van der Waals surface area contributed by atoms with E-state index in [0.717, 1.165) is 28.0 Å².